The van der Waals surface area contributed by atoms with Gasteiger partial charge in [-0.2, -0.15) is 0 Å². The molecule has 6 rings (SSSR count). The first-order valence-corrected chi connectivity index (χ1v) is 13.2. The smallest absolute Gasteiger partial charge is 0.256 e. The Balaban J connectivity index is 1.32. The van der Waals surface area contributed by atoms with Crippen LogP contribution >= 0.6 is 0 Å². The highest BCUT2D eigenvalue weighted by Gasteiger charge is 2.45. The fourth-order valence-corrected chi connectivity index (χ4v) is 5.46. The molecule has 2 aliphatic heterocycles. The van der Waals surface area contributed by atoms with E-state index >= 15 is 0 Å². The zero-order valence-corrected chi connectivity index (χ0v) is 22.0. The third kappa shape index (κ3) is 4.50. The van der Waals surface area contributed by atoms with Crippen molar-refractivity contribution < 1.29 is 14.3 Å². The number of benzene rings is 1. The number of likely N-dealkylation sites (tertiary alicyclic amines) is 1. The van der Waals surface area contributed by atoms with Crippen LogP contribution in [0, 0.1) is 11.3 Å². The summed E-state index contributed by atoms with van der Waals surface area (Å²) < 4.78 is 7.35. The number of anilines is 2. The van der Waals surface area contributed by atoms with Crippen LogP contribution in [0.25, 0.3) is 16.8 Å². The number of rotatable bonds is 5. The minimum atomic E-state index is -0.441. The summed E-state index contributed by atoms with van der Waals surface area (Å²) in [5, 5.41) is 2.80. The Hall–Kier alpha value is -4.31. The van der Waals surface area contributed by atoms with E-state index in [-0.39, 0.29) is 17.7 Å². The Labute approximate surface area is 226 Å². The van der Waals surface area contributed by atoms with Crippen molar-refractivity contribution in [3.63, 3.8) is 0 Å². The fraction of sp³-hybridized carbons (Fsp3) is 0.345. The number of nitrogens with zero attached hydrogens (tertiary/aromatic N) is 5. The second-order valence-electron chi connectivity index (χ2n) is 10.8. The highest BCUT2D eigenvalue weighted by molar-refractivity contribution is 6.04. The van der Waals surface area contributed by atoms with Crippen LogP contribution < -0.4 is 11.1 Å². The molecular formula is C29H31N7O3. The first-order chi connectivity index (χ1) is 18.8. The van der Waals surface area contributed by atoms with Gasteiger partial charge in [0, 0.05) is 48.7 Å². The molecule has 2 amide bonds. The quantitative estimate of drug-likeness (QED) is 0.407. The van der Waals surface area contributed by atoms with Gasteiger partial charge in [-0.05, 0) is 43.5 Å². The van der Waals surface area contributed by atoms with E-state index in [1.165, 1.54) is 0 Å². The molecule has 2 atom stereocenters. The van der Waals surface area contributed by atoms with Gasteiger partial charge in [-0.15, -0.1) is 0 Å². The molecule has 0 aliphatic carbocycles. The molecule has 4 aromatic rings. The highest BCUT2D eigenvalue weighted by atomic mass is 16.5. The maximum Gasteiger partial charge on any atom is 0.256 e. The molecule has 10 nitrogen and oxygen atoms in total. The monoisotopic (exact) mass is 525 g/mol. The molecular weight excluding hydrogens is 494 g/mol. The predicted molar refractivity (Wildman–Crippen MR) is 147 cm³/mol. The molecule has 2 fully saturated rings. The molecule has 0 spiro atoms. The van der Waals surface area contributed by atoms with Gasteiger partial charge >= 0.3 is 0 Å². The Morgan fingerprint density at radius 2 is 1.90 bits per heavy atom. The number of hydrogen-bond acceptors (Lipinski definition) is 7. The lowest BCUT2D eigenvalue weighted by Gasteiger charge is -2.44. The average Bonchev–Trinajstić information content (AvgIpc) is 3.33. The molecule has 1 aromatic carbocycles. The van der Waals surface area contributed by atoms with Gasteiger partial charge in [0.05, 0.1) is 18.6 Å². The van der Waals surface area contributed by atoms with E-state index < -0.39 is 5.41 Å². The summed E-state index contributed by atoms with van der Waals surface area (Å²) in [6.45, 7) is 6.44. The molecule has 3 N–H and O–H groups in total. The van der Waals surface area contributed by atoms with Crippen LogP contribution in [0.1, 0.15) is 42.4 Å². The van der Waals surface area contributed by atoms with Crippen LogP contribution in [0.4, 0.5) is 11.6 Å². The molecule has 0 radical (unpaired) electrons. The van der Waals surface area contributed by atoms with Crippen molar-refractivity contribution in [2.45, 2.75) is 26.2 Å². The topological polar surface area (TPSA) is 128 Å². The van der Waals surface area contributed by atoms with Crippen LogP contribution in [-0.2, 0) is 9.53 Å². The highest BCUT2D eigenvalue weighted by Crippen LogP contribution is 2.38. The van der Waals surface area contributed by atoms with Gasteiger partial charge in [0.2, 0.25) is 5.91 Å². The number of carbonyl (C=O) groups is 2. The van der Waals surface area contributed by atoms with Gasteiger partial charge in [-0.25, -0.2) is 15.0 Å². The maximum atomic E-state index is 13.3. The van der Waals surface area contributed by atoms with E-state index in [1.54, 1.807) is 36.7 Å². The van der Waals surface area contributed by atoms with Gasteiger partial charge in [0.15, 0.2) is 0 Å². The van der Waals surface area contributed by atoms with Crippen LogP contribution in [0.15, 0.2) is 61.1 Å². The normalized spacial score (nSPS) is 20.4. The molecule has 2 aliphatic rings. The summed E-state index contributed by atoms with van der Waals surface area (Å²) in [6, 6.07) is 12.6. The number of hydrogen-bond donors (Lipinski definition) is 2. The molecule has 5 heterocycles. The summed E-state index contributed by atoms with van der Waals surface area (Å²) in [5.74, 6) is 1.97. The van der Waals surface area contributed by atoms with E-state index in [4.69, 9.17) is 15.5 Å². The number of nitrogens with one attached hydrogen (secondary N) is 1. The van der Waals surface area contributed by atoms with Crippen LogP contribution in [0.5, 0.6) is 0 Å². The lowest BCUT2D eigenvalue weighted by Crippen LogP contribution is -2.56. The molecule has 0 unspecified atom stereocenters. The summed E-state index contributed by atoms with van der Waals surface area (Å²) in [7, 11) is 0. The van der Waals surface area contributed by atoms with Gasteiger partial charge < -0.3 is 20.7 Å². The molecule has 0 saturated carbocycles. The summed E-state index contributed by atoms with van der Waals surface area (Å²) >= 11 is 0. The maximum absolute atomic E-state index is 13.3. The summed E-state index contributed by atoms with van der Waals surface area (Å²) in [5.41, 5.74) is 8.67. The number of imidazole rings is 1. The SMILES string of the molecule is C[C@H]1CCN(C(=O)C2(C)COC2)C[C@@H]1c1nc(-c2ccc(C(=O)Nc3ccccn3)cc2)c2c(N)nccn12. The Bertz CT molecular complexity index is 1530. The number of aromatic nitrogens is 4. The molecule has 10 heteroatoms. The Morgan fingerprint density at radius 1 is 1.10 bits per heavy atom. The van der Waals surface area contributed by atoms with E-state index in [2.05, 4.69) is 22.2 Å². The van der Waals surface area contributed by atoms with Crippen LogP contribution in [0.2, 0.25) is 0 Å². The molecule has 200 valence electrons. The van der Waals surface area contributed by atoms with Gasteiger partial charge in [0.25, 0.3) is 5.91 Å². The van der Waals surface area contributed by atoms with E-state index in [1.807, 2.05) is 40.6 Å². The third-order valence-electron chi connectivity index (χ3n) is 7.87. The number of fused-ring (bicyclic) bond motifs is 1. The lowest BCUT2D eigenvalue weighted by atomic mass is 9.82. The second kappa shape index (κ2) is 9.77. The van der Waals surface area contributed by atoms with E-state index in [0.717, 1.165) is 24.4 Å². The number of piperidine rings is 1. The van der Waals surface area contributed by atoms with Crippen molar-refractivity contribution in [1.29, 1.82) is 0 Å². The Kier molecular flexibility index (Phi) is 6.26. The third-order valence-corrected chi connectivity index (χ3v) is 7.87. The molecule has 39 heavy (non-hydrogen) atoms. The van der Waals surface area contributed by atoms with Crippen LogP contribution in [-0.4, -0.2) is 62.4 Å². The number of ether oxygens (including phenoxy) is 1. The van der Waals surface area contributed by atoms with Gasteiger partial charge in [-0.1, -0.05) is 25.1 Å². The van der Waals surface area contributed by atoms with Gasteiger partial charge in [0.1, 0.15) is 28.7 Å². The van der Waals surface area contributed by atoms with Gasteiger partial charge in [-0.3, -0.25) is 14.0 Å². The van der Waals surface area contributed by atoms with Crippen molar-refractivity contribution in [2.24, 2.45) is 11.3 Å². The number of nitrogen functional groups attached to an aromatic ring is 1. The van der Waals surface area contributed by atoms with Crippen molar-refractivity contribution in [3.8, 4) is 11.3 Å². The average molecular weight is 526 g/mol. The van der Waals surface area contributed by atoms with Crippen molar-refractivity contribution in [3.05, 3.63) is 72.4 Å². The largest absolute Gasteiger partial charge is 0.382 e. The minimum Gasteiger partial charge on any atom is -0.382 e. The number of nitrogens with two attached hydrogens (primary N) is 1. The Morgan fingerprint density at radius 3 is 2.59 bits per heavy atom. The second-order valence-corrected chi connectivity index (χ2v) is 10.8. The van der Waals surface area contributed by atoms with Crippen molar-refractivity contribution in [1.82, 2.24) is 24.3 Å². The van der Waals surface area contributed by atoms with Crippen molar-refractivity contribution >= 4 is 29.0 Å². The summed E-state index contributed by atoms with van der Waals surface area (Å²) in [6.07, 6.45) is 6.06. The fourth-order valence-electron chi connectivity index (χ4n) is 5.46. The molecule has 2 saturated heterocycles. The zero-order valence-electron chi connectivity index (χ0n) is 22.0. The first-order valence-electron chi connectivity index (χ1n) is 13.2. The standard InChI is InChI=1S/C29H31N7O3/c1-18-10-13-35(28(38)29(2)16-39-17-29)15-21(18)26-34-23(24-25(30)32-12-14-36(24)26)19-6-8-20(9-7-19)27(37)33-22-5-3-4-11-31-22/h3-9,11-12,14,18,21H,10,13,15-17H2,1-2H3,(H2,30,32)(H,31,33,37)/t18-,21-/m0/s1. The summed E-state index contributed by atoms with van der Waals surface area (Å²) in [4.78, 5) is 41.5. The number of carbonyl (C=O) groups excluding carboxylic acids is 2. The zero-order chi connectivity index (χ0) is 27.1. The number of pyridine rings is 1. The first kappa shape index (κ1) is 25.0. The van der Waals surface area contributed by atoms with E-state index in [9.17, 15) is 9.59 Å². The van der Waals surface area contributed by atoms with Crippen LogP contribution in [0.3, 0.4) is 0 Å². The number of amides is 2. The van der Waals surface area contributed by atoms with E-state index in [0.29, 0.717) is 54.1 Å². The molecule has 3 aromatic heterocycles. The minimum absolute atomic E-state index is 0.0266. The van der Waals surface area contributed by atoms with Crippen molar-refractivity contribution in [2.75, 3.05) is 37.4 Å². The lowest BCUT2D eigenvalue weighted by molar-refractivity contribution is -0.170. The predicted octanol–water partition coefficient (Wildman–Crippen LogP) is 3.61. The molecule has 0 bridgehead atoms.